The van der Waals surface area contributed by atoms with Crippen molar-refractivity contribution in [3.63, 3.8) is 0 Å². The van der Waals surface area contributed by atoms with Crippen LogP contribution in [0.1, 0.15) is 26.2 Å². The van der Waals surface area contributed by atoms with Gasteiger partial charge in [0, 0.05) is 31.7 Å². The van der Waals surface area contributed by atoms with Crippen molar-refractivity contribution in [3.8, 4) is 0 Å². The molecule has 0 saturated carbocycles. The Kier molecular flexibility index (Phi) is 6.34. The van der Waals surface area contributed by atoms with Crippen molar-refractivity contribution >= 4 is 17.6 Å². The summed E-state index contributed by atoms with van der Waals surface area (Å²) in [6, 6.07) is 9.29. The van der Waals surface area contributed by atoms with Crippen molar-refractivity contribution in [2.24, 2.45) is 0 Å². The minimum Gasteiger partial charge on any atom is -0.467 e. The van der Waals surface area contributed by atoms with Gasteiger partial charge in [-0.05, 0) is 25.0 Å². The SMILES string of the molecule is CCC(=O)N(c1ccccc1)C1(C(=O)OC)CCN(CCO)CC1. The molecule has 6 heteroatoms. The molecule has 0 bridgehead atoms. The van der Waals surface area contributed by atoms with E-state index in [0.717, 1.165) is 0 Å². The Morgan fingerprint density at radius 1 is 1.25 bits per heavy atom. The van der Waals surface area contributed by atoms with Crippen LogP contribution in [-0.4, -0.2) is 60.8 Å². The monoisotopic (exact) mass is 334 g/mol. The molecule has 6 nitrogen and oxygen atoms in total. The van der Waals surface area contributed by atoms with Gasteiger partial charge >= 0.3 is 5.97 Å². The van der Waals surface area contributed by atoms with Gasteiger partial charge in [0.2, 0.25) is 5.91 Å². The summed E-state index contributed by atoms with van der Waals surface area (Å²) in [7, 11) is 1.36. The van der Waals surface area contributed by atoms with Crippen molar-refractivity contribution in [3.05, 3.63) is 30.3 Å². The second-order valence-corrected chi connectivity index (χ2v) is 6.01. The molecule has 0 spiro atoms. The molecule has 1 saturated heterocycles. The number of para-hydroxylation sites is 1. The van der Waals surface area contributed by atoms with E-state index >= 15 is 0 Å². The zero-order chi connectivity index (χ0) is 17.6. The highest BCUT2D eigenvalue weighted by atomic mass is 16.5. The molecule has 1 aliphatic rings. The van der Waals surface area contributed by atoms with Crippen LogP contribution in [0.4, 0.5) is 5.69 Å². The van der Waals surface area contributed by atoms with Crippen LogP contribution in [0.2, 0.25) is 0 Å². The maximum atomic E-state index is 12.7. The number of aliphatic hydroxyl groups excluding tert-OH is 1. The molecule has 1 aliphatic heterocycles. The van der Waals surface area contributed by atoms with E-state index in [4.69, 9.17) is 9.84 Å². The van der Waals surface area contributed by atoms with Crippen molar-refractivity contribution in [1.82, 2.24) is 4.90 Å². The lowest BCUT2D eigenvalue weighted by Crippen LogP contribution is -2.62. The molecule has 0 atom stereocenters. The van der Waals surface area contributed by atoms with Gasteiger partial charge in [0.25, 0.3) is 0 Å². The van der Waals surface area contributed by atoms with Gasteiger partial charge in [-0.3, -0.25) is 9.69 Å². The quantitative estimate of drug-likeness (QED) is 0.797. The lowest BCUT2D eigenvalue weighted by molar-refractivity contribution is -0.151. The van der Waals surface area contributed by atoms with Gasteiger partial charge in [0.1, 0.15) is 5.54 Å². The smallest absolute Gasteiger partial charge is 0.332 e. The van der Waals surface area contributed by atoms with E-state index in [-0.39, 0.29) is 18.5 Å². The number of piperidine rings is 1. The zero-order valence-corrected chi connectivity index (χ0v) is 14.4. The molecule has 1 heterocycles. The number of amides is 1. The largest absolute Gasteiger partial charge is 0.467 e. The molecule has 0 aromatic heterocycles. The number of likely N-dealkylation sites (tertiary alicyclic amines) is 1. The number of rotatable bonds is 6. The van der Waals surface area contributed by atoms with Crippen LogP contribution in [0.15, 0.2) is 30.3 Å². The fourth-order valence-electron chi connectivity index (χ4n) is 3.36. The molecular formula is C18H26N2O4. The summed E-state index contributed by atoms with van der Waals surface area (Å²) < 4.78 is 5.08. The summed E-state index contributed by atoms with van der Waals surface area (Å²) in [5.74, 6) is -0.473. The lowest BCUT2D eigenvalue weighted by atomic mass is 9.84. The molecule has 0 radical (unpaired) electrons. The fraction of sp³-hybridized carbons (Fsp3) is 0.556. The summed E-state index contributed by atoms with van der Waals surface area (Å²) in [6.07, 6.45) is 1.29. The Balaban J connectivity index is 2.40. The first-order valence-electron chi connectivity index (χ1n) is 8.38. The summed E-state index contributed by atoms with van der Waals surface area (Å²) in [6.45, 7) is 3.72. The van der Waals surface area contributed by atoms with Crippen molar-refractivity contribution in [1.29, 1.82) is 0 Å². The predicted molar refractivity (Wildman–Crippen MR) is 91.7 cm³/mol. The Morgan fingerprint density at radius 3 is 2.38 bits per heavy atom. The molecule has 1 fully saturated rings. The number of anilines is 1. The highest BCUT2D eigenvalue weighted by Gasteiger charge is 2.49. The average molecular weight is 334 g/mol. The average Bonchev–Trinajstić information content (AvgIpc) is 2.63. The highest BCUT2D eigenvalue weighted by molar-refractivity contribution is 6.02. The van der Waals surface area contributed by atoms with Crippen LogP contribution in [0.25, 0.3) is 0 Å². The summed E-state index contributed by atoms with van der Waals surface area (Å²) in [5.41, 5.74) is -0.278. The number of esters is 1. The van der Waals surface area contributed by atoms with E-state index < -0.39 is 5.54 Å². The summed E-state index contributed by atoms with van der Waals surface area (Å²) >= 11 is 0. The highest BCUT2D eigenvalue weighted by Crippen LogP contribution is 2.35. The first-order chi connectivity index (χ1) is 11.6. The molecule has 132 valence electrons. The third-order valence-corrected chi connectivity index (χ3v) is 4.66. The second-order valence-electron chi connectivity index (χ2n) is 6.01. The van der Waals surface area contributed by atoms with Crippen LogP contribution >= 0.6 is 0 Å². The standard InChI is InChI=1S/C18H26N2O4/c1-3-16(22)20(15-7-5-4-6-8-15)18(17(23)24-2)9-11-19(12-10-18)13-14-21/h4-8,21H,3,9-14H2,1-2H3. The first-order valence-corrected chi connectivity index (χ1v) is 8.38. The van der Waals surface area contributed by atoms with E-state index in [1.807, 2.05) is 30.3 Å². The lowest BCUT2D eigenvalue weighted by Gasteiger charge is -2.46. The van der Waals surface area contributed by atoms with Gasteiger partial charge in [0.15, 0.2) is 0 Å². The molecular weight excluding hydrogens is 308 g/mol. The van der Waals surface area contributed by atoms with Gasteiger partial charge in [-0.1, -0.05) is 25.1 Å². The maximum absolute atomic E-state index is 12.7. The molecule has 2 rings (SSSR count). The van der Waals surface area contributed by atoms with Crippen molar-refractivity contribution < 1.29 is 19.4 Å². The molecule has 0 aliphatic carbocycles. The Labute approximate surface area is 143 Å². The number of hydrogen-bond donors (Lipinski definition) is 1. The van der Waals surface area contributed by atoms with Crippen LogP contribution in [0, 0.1) is 0 Å². The zero-order valence-electron chi connectivity index (χ0n) is 14.4. The number of carbonyl (C=O) groups excluding carboxylic acids is 2. The van der Waals surface area contributed by atoms with Crippen LogP contribution in [0.3, 0.4) is 0 Å². The number of ether oxygens (including phenoxy) is 1. The molecule has 1 aromatic carbocycles. The number of methoxy groups -OCH3 is 1. The Hall–Kier alpha value is -1.92. The molecule has 1 aromatic rings. The minimum absolute atomic E-state index is 0.0848. The molecule has 1 N–H and O–H groups in total. The van der Waals surface area contributed by atoms with Crippen molar-refractivity contribution in [2.75, 3.05) is 38.3 Å². The predicted octanol–water partition coefficient (Wildman–Crippen LogP) is 1.43. The minimum atomic E-state index is -0.991. The van der Waals surface area contributed by atoms with Gasteiger partial charge in [-0.25, -0.2) is 4.79 Å². The fourth-order valence-corrected chi connectivity index (χ4v) is 3.36. The van der Waals surface area contributed by atoms with Crippen LogP contribution in [0.5, 0.6) is 0 Å². The first kappa shape index (κ1) is 18.4. The second kappa shape index (κ2) is 8.26. The Morgan fingerprint density at radius 2 is 1.88 bits per heavy atom. The number of β-amino-alcohol motifs (C(OH)–C–C–N with tert-alkyl or cyclic N) is 1. The van der Waals surface area contributed by atoms with E-state index in [2.05, 4.69) is 4.90 Å². The number of nitrogens with zero attached hydrogens (tertiary/aromatic N) is 2. The van der Waals surface area contributed by atoms with Gasteiger partial charge in [0.05, 0.1) is 13.7 Å². The van der Waals surface area contributed by atoms with Crippen molar-refractivity contribution in [2.45, 2.75) is 31.7 Å². The third-order valence-electron chi connectivity index (χ3n) is 4.66. The summed E-state index contributed by atoms with van der Waals surface area (Å²) in [4.78, 5) is 29.1. The normalized spacial score (nSPS) is 17.3. The number of benzene rings is 1. The third kappa shape index (κ3) is 3.60. The van der Waals surface area contributed by atoms with Gasteiger partial charge in [-0.15, -0.1) is 0 Å². The number of hydrogen-bond acceptors (Lipinski definition) is 5. The van der Waals surface area contributed by atoms with Crippen LogP contribution < -0.4 is 4.90 Å². The topological polar surface area (TPSA) is 70.1 Å². The molecule has 1 amide bonds. The van der Waals surface area contributed by atoms with Crippen LogP contribution in [-0.2, 0) is 14.3 Å². The summed E-state index contributed by atoms with van der Waals surface area (Å²) in [5, 5.41) is 9.12. The number of aliphatic hydroxyl groups is 1. The van der Waals surface area contributed by atoms with E-state index in [9.17, 15) is 9.59 Å². The van der Waals surface area contributed by atoms with E-state index in [1.54, 1.807) is 11.8 Å². The number of carbonyl (C=O) groups is 2. The van der Waals surface area contributed by atoms with Gasteiger partial charge < -0.3 is 14.7 Å². The maximum Gasteiger partial charge on any atom is 0.332 e. The van der Waals surface area contributed by atoms with E-state index in [1.165, 1.54) is 7.11 Å². The molecule has 0 unspecified atom stereocenters. The molecule has 24 heavy (non-hydrogen) atoms. The van der Waals surface area contributed by atoms with E-state index in [0.29, 0.717) is 44.6 Å². The Bertz CT molecular complexity index is 553. The van der Waals surface area contributed by atoms with Gasteiger partial charge in [-0.2, -0.15) is 0 Å².